The minimum Gasteiger partial charge on any atom is -0.486 e. The van der Waals surface area contributed by atoms with Gasteiger partial charge in [0.05, 0.1) is 17.7 Å². The Labute approximate surface area is 152 Å². The molecule has 2 aliphatic heterocycles. The third-order valence-corrected chi connectivity index (χ3v) is 5.31. The highest BCUT2D eigenvalue weighted by Crippen LogP contribution is 2.39. The number of carbonyl (C=O) groups is 2. The third-order valence-electron chi connectivity index (χ3n) is 5.31. The molecule has 6 nitrogen and oxygen atoms in total. The van der Waals surface area contributed by atoms with Gasteiger partial charge >= 0.3 is 0 Å². The van der Waals surface area contributed by atoms with E-state index in [2.05, 4.69) is 5.16 Å². The van der Waals surface area contributed by atoms with Crippen LogP contribution in [0.25, 0.3) is 0 Å². The second-order valence-corrected chi connectivity index (χ2v) is 7.06. The molecule has 0 saturated carbocycles. The molecule has 1 atom stereocenters. The van der Waals surface area contributed by atoms with Crippen LogP contribution in [0.1, 0.15) is 59.2 Å². The molecule has 1 unspecified atom stereocenters. The first kappa shape index (κ1) is 16.8. The quantitative estimate of drug-likeness (QED) is 0.828. The molecular weight excluding hydrogens is 332 g/mol. The number of likely N-dealkylation sites (tertiary alicyclic amines) is 1. The fourth-order valence-electron chi connectivity index (χ4n) is 3.83. The summed E-state index contributed by atoms with van der Waals surface area (Å²) in [6, 6.07) is 9.11. The number of nitrogens with zero attached hydrogens (tertiary/aromatic N) is 2. The summed E-state index contributed by atoms with van der Waals surface area (Å²) in [5.41, 5.74) is 0.915. The Hall–Kier alpha value is -2.63. The lowest BCUT2D eigenvalue weighted by atomic mass is 9.84. The Morgan fingerprint density at radius 2 is 2.12 bits per heavy atom. The molecule has 1 amide bonds. The summed E-state index contributed by atoms with van der Waals surface area (Å²) in [5, 5.41) is 3.90. The Balaban J connectivity index is 1.50. The average Bonchev–Trinajstić information content (AvgIpc) is 3.05. The highest BCUT2D eigenvalue weighted by Gasteiger charge is 2.42. The zero-order valence-corrected chi connectivity index (χ0v) is 14.9. The molecule has 3 heterocycles. The number of hydrogen-bond acceptors (Lipinski definition) is 5. The van der Waals surface area contributed by atoms with E-state index in [-0.39, 0.29) is 17.5 Å². The van der Waals surface area contributed by atoms with Gasteiger partial charge in [-0.1, -0.05) is 24.2 Å². The van der Waals surface area contributed by atoms with Crippen LogP contribution in [0.2, 0.25) is 0 Å². The molecule has 4 rings (SSSR count). The Bertz CT molecular complexity index is 844. The van der Waals surface area contributed by atoms with Crippen molar-refractivity contribution in [2.75, 3.05) is 13.1 Å². The highest BCUT2D eigenvalue weighted by molar-refractivity contribution is 6.00. The Kier molecular flexibility index (Phi) is 4.26. The van der Waals surface area contributed by atoms with Crippen LogP contribution in [0.5, 0.6) is 5.75 Å². The predicted molar refractivity (Wildman–Crippen MR) is 94.4 cm³/mol. The SMILES string of the molecule is CCc1cc(C(=O)N2CCCC3(CC2)CC(=O)c2ccccc2O3)on1. The van der Waals surface area contributed by atoms with Crippen LogP contribution >= 0.6 is 0 Å². The summed E-state index contributed by atoms with van der Waals surface area (Å²) in [6.07, 6.45) is 3.28. The molecule has 1 aromatic heterocycles. The molecule has 0 bridgehead atoms. The van der Waals surface area contributed by atoms with E-state index in [9.17, 15) is 9.59 Å². The first-order valence-electron chi connectivity index (χ1n) is 9.16. The van der Waals surface area contributed by atoms with Crippen molar-refractivity contribution < 1.29 is 18.8 Å². The molecule has 0 N–H and O–H groups in total. The van der Waals surface area contributed by atoms with Crippen molar-refractivity contribution in [1.82, 2.24) is 10.1 Å². The van der Waals surface area contributed by atoms with Crippen molar-refractivity contribution in [1.29, 1.82) is 0 Å². The van der Waals surface area contributed by atoms with Crippen LogP contribution in [0.4, 0.5) is 0 Å². The molecule has 1 aromatic carbocycles. The van der Waals surface area contributed by atoms with Crippen molar-refractivity contribution in [3.63, 3.8) is 0 Å². The number of Topliss-reactive ketones (excluding diaryl/α,β-unsaturated/α-hetero) is 1. The van der Waals surface area contributed by atoms with Crippen LogP contribution in [0, 0.1) is 0 Å². The maximum absolute atomic E-state index is 12.7. The van der Waals surface area contributed by atoms with Crippen LogP contribution in [0.3, 0.4) is 0 Å². The molecule has 1 fully saturated rings. The number of ether oxygens (including phenoxy) is 1. The standard InChI is InChI=1S/C20H22N2O4/c1-2-14-12-18(26-21-14)19(24)22-10-5-8-20(9-11-22)13-16(23)15-6-3-4-7-17(15)25-20/h3-4,6-7,12H,2,5,8-11,13H2,1H3. The van der Waals surface area contributed by atoms with Crippen molar-refractivity contribution in [3.8, 4) is 5.75 Å². The van der Waals surface area contributed by atoms with E-state index in [0.717, 1.165) is 25.0 Å². The minimum atomic E-state index is -0.517. The molecule has 1 saturated heterocycles. The van der Waals surface area contributed by atoms with Gasteiger partial charge in [0.25, 0.3) is 5.91 Å². The summed E-state index contributed by atoms with van der Waals surface area (Å²) in [7, 11) is 0. The van der Waals surface area contributed by atoms with Gasteiger partial charge in [-0.05, 0) is 31.4 Å². The number of fused-ring (bicyclic) bond motifs is 1. The number of ketones is 1. The number of carbonyl (C=O) groups excluding carboxylic acids is 2. The van der Waals surface area contributed by atoms with Gasteiger partial charge in [0.1, 0.15) is 11.4 Å². The molecule has 0 radical (unpaired) electrons. The third kappa shape index (κ3) is 3.00. The molecule has 1 spiro atoms. The van der Waals surface area contributed by atoms with Crippen LogP contribution < -0.4 is 4.74 Å². The Morgan fingerprint density at radius 3 is 2.92 bits per heavy atom. The maximum atomic E-state index is 12.7. The first-order valence-corrected chi connectivity index (χ1v) is 9.16. The zero-order valence-electron chi connectivity index (χ0n) is 14.9. The Morgan fingerprint density at radius 1 is 1.27 bits per heavy atom. The summed E-state index contributed by atoms with van der Waals surface area (Å²) in [6.45, 7) is 3.13. The summed E-state index contributed by atoms with van der Waals surface area (Å²) in [4.78, 5) is 27.0. The number of rotatable bonds is 2. The van der Waals surface area contributed by atoms with Gasteiger partial charge in [-0.2, -0.15) is 0 Å². The van der Waals surface area contributed by atoms with Crippen LogP contribution in [-0.2, 0) is 6.42 Å². The summed E-state index contributed by atoms with van der Waals surface area (Å²) in [5.74, 6) is 0.918. The van der Waals surface area contributed by atoms with E-state index in [0.29, 0.717) is 37.2 Å². The molecule has 2 aromatic rings. The molecule has 2 aliphatic rings. The first-order chi connectivity index (χ1) is 12.6. The predicted octanol–water partition coefficient (Wildman–Crippen LogP) is 3.27. The second-order valence-electron chi connectivity index (χ2n) is 7.06. The van der Waals surface area contributed by atoms with Crippen molar-refractivity contribution in [3.05, 3.63) is 47.3 Å². The molecule has 26 heavy (non-hydrogen) atoms. The summed E-state index contributed by atoms with van der Waals surface area (Å²) < 4.78 is 11.5. The molecule has 6 heteroatoms. The second kappa shape index (κ2) is 6.59. The van der Waals surface area contributed by atoms with Gasteiger partial charge < -0.3 is 14.2 Å². The van der Waals surface area contributed by atoms with E-state index in [1.807, 2.05) is 31.2 Å². The number of hydrogen-bond donors (Lipinski definition) is 0. The zero-order chi connectivity index (χ0) is 18.1. The lowest BCUT2D eigenvalue weighted by molar-refractivity contribution is 0.0298. The topological polar surface area (TPSA) is 72.6 Å². The van der Waals surface area contributed by atoms with Crippen molar-refractivity contribution in [2.45, 2.75) is 44.6 Å². The molecule has 0 aliphatic carbocycles. The van der Waals surface area contributed by atoms with E-state index in [4.69, 9.17) is 9.26 Å². The fraction of sp³-hybridized carbons (Fsp3) is 0.450. The van der Waals surface area contributed by atoms with Gasteiger partial charge in [0.2, 0.25) is 5.76 Å². The van der Waals surface area contributed by atoms with Crippen molar-refractivity contribution in [2.24, 2.45) is 0 Å². The summed E-state index contributed by atoms with van der Waals surface area (Å²) >= 11 is 0. The largest absolute Gasteiger partial charge is 0.486 e. The minimum absolute atomic E-state index is 0.120. The lowest BCUT2D eigenvalue weighted by Crippen LogP contribution is -2.43. The number of aromatic nitrogens is 1. The van der Waals surface area contributed by atoms with Crippen molar-refractivity contribution >= 4 is 11.7 Å². The number of aryl methyl sites for hydroxylation is 1. The smallest absolute Gasteiger partial charge is 0.292 e. The highest BCUT2D eigenvalue weighted by atomic mass is 16.5. The number of para-hydroxylation sites is 1. The van der Waals surface area contributed by atoms with E-state index < -0.39 is 5.60 Å². The molecule has 136 valence electrons. The normalized spacial score (nSPS) is 22.7. The van der Waals surface area contributed by atoms with Gasteiger partial charge in [0.15, 0.2) is 5.78 Å². The van der Waals surface area contributed by atoms with Gasteiger partial charge in [0, 0.05) is 25.6 Å². The van der Waals surface area contributed by atoms with Gasteiger partial charge in [-0.25, -0.2) is 0 Å². The monoisotopic (exact) mass is 354 g/mol. The van der Waals surface area contributed by atoms with Crippen LogP contribution in [-0.4, -0.2) is 40.4 Å². The van der Waals surface area contributed by atoms with E-state index in [1.165, 1.54) is 0 Å². The van der Waals surface area contributed by atoms with Gasteiger partial charge in [-0.3, -0.25) is 9.59 Å². The lowest BCUT2D eigenvalue weighted by Gasteiger charge is -2.37. The molecular formula is C20H22N2O4. The van der Waals surface area contributed by atoms with E-state index >= 15 is 0 Å². The number of amides is 1. The number of benzene rings is 1. The average molecular weight is 354 g/mol. The van der Waals surface area contributed by atoms with Gasteiger partial charge in [-0.15, -0.1) is 0 Å². The van der Waals surface area contributed by atoms with E-state index in [1.54, 1.807) is 11.0 Å². The van der Waals surface area contributed by atoms with Crippen LogP contribution in [0.15, 0.2) is 34.9 Å². The fourth-order valence-corrected chi connectivity index (χ4v) is 3.83. The maximum Gasteiger partial charge on any atom is 0.292 e.